The summed E-state index contributed by atoms with van der Waals surface area (Å²) in [6, 6.07) is 0. The molecule has 160 valence electrons. The highest BCUT2D eigenvalue weighted by Gasteiger charge is 2.59. The lowest BCUT2D eigenvalue weighted by molar-refractivity contribution is 0.0534. The first-order valence-corrected chi connectivity index (χ1v) is 17.6. The third-order valence-electron chi connectivity index (χ3n) is 1.73. The van der Waals surface area contributed by atoms with Crippen molar-refractivity contribution in [2.24, 2.45) is 0 Å². The summed E-state index contributed by atoms with van der Waals surface area (Å²) >= 11 is 0. The smallest absolute Gasteiger partial charge is 0.480 e. The molecule has 0 aliphatic carbocycles. The van der Waals surface area contributed by atoms with Gasteiger partial charge in [0, 0.05) is 0 Å². The summed E-state index contributed by atoms with van der Waals surface area (Å²) in [7, 11) is -40.2. The zero-order valence-corrected chi connectivity index (χ0v) is 20.5. The van der Waals surface area contributed by atoms with E-state index in [4.69, 9.17) is 0 Å². The van der Waals surface area contributed by atoms with E-state index in [1.807, 2.05) is 0 Å². The topological polar surface area (TPSA) is 304 Å². The van der Waals surface area contributed by atoms with E-state index in [2.05, 4.69) is 32.9 Å². The van der Waals surface area contributed by atoms with Gasteiger partial charge in [-0.25, -0.2) is 0 Å². The van der Waals surface area contributed by atoms with Gasteiger partial charge in [-0.2, -0.15) is 0 Å². The van der Waals surface area contributed by atoms with Gasteiger partial charge in [-0.1, -0.05) is 0 Å². The molecule has 0 bridgehead atoms. The molecule has 0 amide bonds. The third kappa shape index (κ3) is 9.48. The Bertz CT molecular complexity index is 491. The molecule has 20 nitrogen and oxygen atoms in total. The van der Waals surface area contributed by atoms with Crippen molar-refractivity contribution in [3.8, 4) is 0 Å². The Balaban J connectivity index is 3.11. The first-order valence-electron chi connectivity index (χ1n) is 5.87. The Morgan fingerprint density at radius 2 is 0.464 bits per heavy atom. The SMILES string of the molecule is O=[Si]1O[Si](O)(O)O[Si](=O)O[Si](O)(O)O[Si](=O)O[Si](O)(O)O[Si](=O)O[Si](O)(O)O1. The van der Waals surface area contributed by atoms with E-state index >= 15 is 0 Å². The van der Waals surface area contributed by atoms with Crippen LogP contribution in [0, 0.1) is 0 Å². The number of rotatable bonds is 0. The Morgan fingerprint density at radius 1 is 0.357 bits per heavy atom. The van der Waals surface area contributed by atoms with Crippen LogP contribution >= 0.6 is 0 Å². The summed E-state index contributed by atoms with van der Waals surface area (Å²) in [5.74, 6) is 0. The molecule has 1 saturated heterocycles. The average molecular weight is 553 g/mol. The van der Waals surface area contributed by atoms with Gasteiger partial charge in [0.25, 0.3) is 0 Å². The van der Waals surface area contributed by atoms with Crippen LogP contribution in [0.4, 0.5) is 0 Å². The van der Waals surface area contributed by atoms with Crippen LogP contribution in [0.3, 0.4) is 0 Å². The normalized spacial score (nSPS) is 24.6. The van der Waals surface area contributed by atoms with Crippen molar-refractivity contribution in [3.05, 3.63) is 0 Å². The highest BCUT2D eigenvalue weighted by atomic mass is 28.5. The molecule has 0 atom stereocenters. The molecule has 1 rings (SSSR count). The van der Waals surface area contributed by atoms with Gasteiger partial charge in [0.2, 0.25) is 0 Å². The summed E-state index contributed by atoms with van der Waals surface area (Å²) in [5.41, 5.74) is 0. The molecule has 0 spiro atoms. The molecule has 1 heterocycles. The van der Waals surface area contributed by atoms with Gasteiger partial charge in [-0.15, -0.1) is 0 Å². The lowest BCUT2D eigenvalue weighted by atomic mass is 15.6. The quantitative estimate of drug-likeness (QED) is 0.129. The lowest BCUT2D eigenvalue weighted by Gasteiger charge is -2.23. The van der Waals surface area contributed by atoms with Crippen LogP contribution in [-0.4, -0.2) is 111 Å². The molecule has 1 aliphatic rings. The van der Waals surface area contributed by atoms with Gasteiger partial charge in [0.15, 0.2) is 0 Å². The van der Waals surface area contributed by atoms with Crippen LogP contribution in [0.1, 0.15) is 0 Å². The Hall–Kier alpha value is -0.985. The summed E-state index contributed by atoms with van der Waals surface area (Å²) in [6.07, 6.45) is 0. The van der Waals surface area contributed by atoms with E-state index < -0.39 is 72.9 Å². The molecule has 0 unspecified atom stereocenters. The molecule has 28 heteroatoms. The van der Waals surface area contributed by atoms with Crippen molar-refractivity contribution in [1.82, 2.24) is 0 Å². The van der Waals surface area contributed by atoms with Crippen LogP contribution in [0.2, 0.25) is 0 Å². The van der Waals surface area contributed by atoms with Gasteiger partial charge in [0.1, 0.15) is 0 Å². The van der Waals surface area contributed by atoms with Gasteiger partial charge in [0.05, 0.1) is 0 Å². The molecule has 1 fully saturated rings. The Morgan fingerprint density at radius 3 is 0.571 bits per heavy atom. The second kappa shape index (κ2) is 8.80. The molecule has 0 radical (unpaired) electrons. The zero-order chi connectivity index (χ0) is 22.0. The fourth-order valence-electron chi connectivity index (χ4n) is 1.04. The van der Waals surface area contributed by atoms with E-state index in [1.165, 1.54) is 0 Å². The molecule has 28 heavy (non-hydrogen) atoms. The van der Waals surface area contributed by atoms with Crippen molar-refractivity contribution in [2.45, 2.75) is 0 Å². The summed E-state index contributed by atoms with van der Waals surface area (Å²) in [5, 5.41) is 0. The second-order valence-electron chi connectivity index (χ2n) is 4.01. The van der Waals surface area contributed by atoms with Crippen LogP contribution < -0.4 is 0 Å². The fraction of sp³-hybridized carbons (Fsp3) is 0. The second-order valence-corrected chi connectivity index (χ2v) is 16.9. The number of hydrogen-bond donors (Lipinski definition) is 8. The van der Waals surface area contributed by atoms with E-state index in [0.717, 1.165) is 0 Å². The van der Waals surface area contributed by atoms with Crippen molar-refractivity contribution in [2.75, 3.05) is 0 Å². The molecule has 0 aromatic rings. The predicted octanol–water partition coefficient (Wildman–Crippen LogP) is -8.52. The van der Waals surface area contributed by atoms with Gasteiger partial charge in [-0.3, -0.25) is 17.8 Å². The van der Waals surface area contributed by atoms with Crippen LogP contribution in [0.15, 0.2) is 0 Å². The maximum Gasteiger partial charge on any atom is 0.794 e. The van der Waals surface area contributed by atoms with Crippen LogP contribution in [0.5, 0.6) is 0 Å². The highest BCUT2D eigenvalue weighted by Crippen LogP contribution is 2.09. The van der Waals surface area contributed by atoms with E-state index in [0.29, 0.717) is 0 Å². The summed E-state index contributed by atoms with van der Waals surface area (Å²) in [6.45, 7) is 0. The van der Waals surface area contributed by atoms with Gasteiger partial charge in [-0.05, 0) is 0 Å². The van der Waals surface area contributed by atoms with E-state index in [-0.39, 0.29) is 0 Å². The van der Waals surface area contributed by atoms with Crippen LogP contribution in [0.25, 0.3) is 0 Å². The van der Waals surface area contributed by atoms with Gasteiger partial charge >= 0.3 is 72.9 Å². The molecule has 8 N–H and O–H groups in total. The Labute approximate surface area is 162 Å². The van der Waals surface area contributed by atoms with Crippen molar-refractivity contribution in [1.29, 1.82) is 0 Å². The third-order valence-corrected chi connectivity index (χ3v) is 15.6. The minimum Gasteiger partial charge on any atom is -0.480 e. The van der Waals surface area contributed by atoms with Crippen molar-refractivity contribution >= 4 is 72.9 Å². The monoisotopic (exact) mass is 552 g/mol. The first kappa shape index (κ1) is 25.1. The maximum absolute atomic E-state index is 11.4. The largest absolute Gasteiger partial charge is 0.794 e. The first-order chi connectivity index (χ1) is 12.4. The van der Waals surface area contributed by atoms with E-state index in [1.54, 1.807) is 0 Å². The summed E-state index contributed by atoms with van der Waals surface area (Å²) < 4.78 is 76.4. The zero-order valence-electron chi connectivity index (χ0n) is 12.5. The van der Waals surface area contributed by atoms with E-state index in [9.17, 15) is 56.2 Å². The Kier molecular flexibility index (Phi) is 7.87. The molecule has 1 aliphatic heterocycles. The minimum atomic E-state index is -5.70. The molecular weight excluding hydrogens is 545 g/mol. The molecule has 0 saturated carbocycles. The fourth-order valence-corrected chi connectivity index (χ4v) is 12.3. The summed E-state index contributed by atoms with van der Waals surface area (Å²) in [4.78, 5) is 74.3. The maximum atomic E-state index is 11.4. The predicted molar refractivity (Wildman–Crippen MR) is 75.2 cm³/mol. The minimum absolute atomic E-state index is 3.85. The molecule has 0 aromatic heterocycles. The van der Waals surface area contributed by atoms with Crippen molar-refractivity contribution in [3.63, 3.8) is 0 Å². The average Bonchev–Trinajstić information content (AvgIpc) is 2.28. The highest BCUT2D eigenvalue weighted by molar-refractivity contribution is 6.72. The van der Waals surface area contributed by atoms with Crippen molar-refractivity contribution < 1.29 is 89.1 Å². The van der Waals surface area contributed by atoms with Gasteiger partial charge < -0.3 is 71.3 Å². The lowest BCUT2D eigenvalue weighted by Crippen LogP contribution is -2.58. The number of hydrogen-bond acceptors (Lipinski definition) is 20. The molecular formula is H8O20Si8. The van der Waals surface area contributed by atoms with Crippen LogP contribution in [-0.2, 0) is 50.8 Å². The molecule has 0 aromatic carbocycles. The standard InChI is InChI=1S/H8O20Si8/c1-21-13-25(5,6)15-22(2)17-27(9,10)19-24(4)20-28(11,12)18-23(3)16-26(7,8)14-21/h5-12H.